The predicted octanol–water partition coefficient (Wildman–Crippen LogP) is 4.74. The molecule has 4 heteroatoms. The molecule has 2 N–H and O–H groups in total. The average Bonchev–Trinajstić information content (AvgIpc) is 2.76. The SMILES string of the molecule is Cc1ccc2c(c1O)C[C@@H](C1CCN(Cc3ccccc3)CC1)O[C@H]2CNC1CCC1. The van der Waals surface area contributed by atoms with E-state index in [2.05, 4.69) is 46.6 Å². The minimum absolute atomic E-state index is 0.0446. The summed E-state index contributed by atoms with van der Waals surface area (Å²) in [6.45, 7) is 6.14. The molecule has 0 unspecified atom stereocenters. The topological polar surface area (TPSA) is 44.7 Å². The van der Waals surface area contributed by atoms with Crippen LogP contribution in [0.5, 0.6) is 5.75 Å². The molecule has 0 aromatic heterocycles. The van der Waals surface area contributed by atoms with Crippen LogP contribution in [0.1, 0.15) is 60.5 Å². The van der Waals surface area contributed by atoms with Crippen molar-refractivity contribution in [3.63, 3.8) is 0 Å². The zero-order valence-corrected chi connectivity index (χ0v) is 18.7. The lowest BCUT2D eigenvalue weighted by atomic mass is 9.82. The molecule has 2 aliphatic heterocycles. The molecule has 0 bridgehead atoms. The third-order valence-electron chi connectivity index (χ3n) is 7.72. The molecule has 1 saturated heterocycles. The Bertz CT molecular complexity index is 872. The molecule has 2 aromatic carbocycles. The second-order valence-corrected chi connectivity index (χ2v) is 9.80. The van der Waals surface area contributed by atoms with Crippen molar-refractivity contribution in [2.24, 2.45) is 5.92 Å². The van der Waals surface area contributed by atoms with Crippen LogP contribution in [0, 0.1) is 12.8 Å². The molecule has 5 rings (SSSR count). The first-order valence-corrected chi connectivity index (χ1v) is 12.1. The van der Waals surface area contributed by atoms with E-state index in [9.17, 15) is 5.11 Å². The molecule has 1 aliphatic carbocycles. The van der Waals surface area contributed by atoms with Gasteiger partial charge >= 0.3 is 0 Å². The highest BCUT2D eigenvalue weighted by Crippen LogP contribution is 2.40. The summed E-state index contributed by atoms with van der Waals surface area (Å²) in [4.78, 5) is 2.57. The van der Waals surface area contributed by atoms with Crippen LogP contribution >= 0.6 is 0 Å². The number of ether oxygens (including phenoxy) is 1. The highest BCUT2D eigenvalue weighted by molar-refractivity contribution is 5.47. The number of aromatic hydroxyl groups is 1. The number of hydrogen-bond acceptors (Lipinski definition) is 4. The minimum atomic E-state index is 0.0446. The van der Waals surface area contributed by atoms with Crippen molar-refractivity contribution in [1.82, 2.24) is 10.2 Å². The molecule has 0 radical (unpaired) electrons. The number of benzene rings is 2. The van der Waals surface area contributed by atoms with Gasteiger partial charge in [0, 0.05) is 31.1 Å². The molecule has 166 valence electrons. The van der Waals surface area contributed by atoms with Gasteiger partial charge in [-0.2, -0.15) is 0 Å². The Balaban J connectivity index is 1.25. The van der Waals surface area contributed by atoms with E-state index >= 15 is 0 Å². The lowest BCUT2D eigenvalue weighted by Gasteiger charge is -2.41. The third-order valence-corrected chi connectivity index (χ3v) is 7.72. The van der Waals surface area contributed by atoms with E-state index in [1.54, 1.807) is 0 Å². The maximum Gasteiger partial charge on any atom is 0.122 e. The largest absolute Gasteiger partial charge is 0.507 e. The Kier molecular flexibility index (Phi) is 6.31. The normalized spacial score (nSPS) is 25.2. The molecule has 1 saturated carbocycles. The number of phenolic OH excluding ortho intramolecular Hbond substituents is 1. The van der Waals surface area contributed by atoms with Gasteiger partial charge in [0.15, 0.2) is 0 Å². The van der Waals surface area contributed by atoms with Crippen LogP contribution in [0.3, 0.4) is 0 Å². The Morgan fingerprint density at radius 3 is 2.52 bits per heavy atom. The Morgan fingerprint density at radius 2 is 1.81 bits per heavy atom. The molecule has 0 spiro atoms. The smallest absolute Gasteiger partial charge is 0.122 e. The Morgan fingerprint density at radius 1 is 1.03 bits per heavy atom. The highest BCUT2D eigenvalue weighted by atomic mass is 16.5. The fraction of sp³-hybridized carbons (Fsp3) is 0.556. The first kappa shape index (κ1) is 21.0. The van der Waals surface area contributed by atoms with E-state index in [1.165, 1.54) is 43.2 Å². The van der Waals surface area contributed by atoms with Crippen LogP contribution in [-0.4, -0.2) is 41.8 Å². The van der Waals surface area contributed by atoms with Crippen LogP contribution in [0.15, 0.2) is 42.5 Å². The number of nitrogens with one attached hydrogen (secondary N) is 1. The summed E-state index contributed by atoms with van der Waals surface area (Å²) in [5.74, 6) is 1.05. The molecule has 4 nitrogen and oxygen atoms in total. The second kappa shape index (κ2) is 9.32. The molecule has 2 atom stereocenters. The van der Waals surface area contributed by atoms with Crippen molar-refractivity contribution in [3.8, 4) is 5.75 Å². The van der Waals surface area contributed by atoms with Gasteiger partial charge in [0.25, 0.3) is 0 Å². The number of hydrogen-bond donors (Lipinski definition) is 2. The van der Waals surface area contributed by atoms with Crippen molar-refractivity contribution in [2.45, 2.75) is 70.2 Å². The molecule has 0 amide bonds. The van der Waals surface area contributed by atoms with E-state index in [1.807, 2.05) is 13.0 Å². The van der Waals surface area contributed by atoms with Crippen LogP contribution in [-0.2, 0) is 17.7 Å². The summed E-state index contributed by atoms with van der Waals surface area (Å²) >= 11 is 0. The van der Waals surface area contributed by atoms with Gasteiger partial charge in [-0.25, -0.2) is 0 Å². The minimum Gasteiger partial charge on any atom is -0.507 e. The number of likely N-dealkylation sites (tertiary alicyclic amines) is 1. The van der Waals surface area contributed by atoms with Gasteiger partial charge in [-0.1, -0.05) is 48.9 Å². The van der Waals surface area contributed by atoms with Crippen molar-refractivity contribution < 1.29 is 9.84 Å². The fourth-order valence-corrected chi connectivity index (χ4v) is 5.47. The summed E-state index contributed by atoms with van der Waals surface area (Å²) in [6.07, 6.45) is 7.32. The molecule has 2 heterocycles. The standard InChI is InChI=1S/C27H36N2O2/c1-19-10-11-23-24(27(19)30)16-25(31-26(23)17-28-22-8-5-9-22)21-12-14-29(15-13-21)18-20-6-3-2-4-7-20/h2-4,6-7,10-11,21-22,25-26,28,30H,5,8-9,12-18H2,1H3/t25-,26-/m0/s1. The number of phenols is 1. The third kappa shape index (κ3) is 4.67. The van der Waals surface area contributed by atoms with E-state index < -0.39 is 0 Å². The van der Waals surface area contributed by atoms with Gasteiger partial charge in [0.2, 0.25) is 0 Å². The molecule has 31 heavy (non-hydrogen) atoms. The van der Waals surface area contributed by atoms with Gasteiger partial charge in [-0.3, -0.25) is 4.90 Å². The Labute approximate surface area is 186 Å². The van der Waals surface area contributed by atoms with E-state index in [0.717, 1.165) is 43.7 Å². The summed E-state index contributed by atoms with van der Waals surface area (Å²) < 4.78 is 6.73. The number of fused-ring (bicyclic) bond motifs is 1. The summed E-state index contributed by atoms with van der Waals surface area (Å²) in [6, 6.07) is 15.6. The predicted molar refractivity (Wildman–Crippen MR) is 124 cm³/mol. The number of aryl methyl sites for hydroxylation is 1. The number of nitrogens with zero attached hydrogens (tertiary/aromatic N) is 1. The Hall–Kier alpha value is -1.88. The van der Waals surface area contributed by atoms with Gasteiger partial charge in [-0.15, -0.1) is 0 Å². The first-order valence-electron chi connectivity index (χ1n) is 12.1. The summed E-state index contributed by atoms with van der Waals surface area (Å²) in [7, 11) is 0. The van der Waals surface area contributed by atoms with Crippen molar-refractivity contribution >= 4 is 0 Å². The molecular weight excluding hydrogens is 384 g/mol. The van der Waals surface area contributed by atoms with Crippen LogP contribution in [0.4, 0.5) is 0 Å². The van der Waals surface area contributed by atoms with Gasteiger partial charge in [0.1, 0.15) is 5.75 Å². The average molecular weight is 421 g/mol. The van der Waals surface area contributed by atoms with Crippen molar-refractivity contribution in [1.29, 1.82) is 0 Å². The van der Waals surface area contributed by atoms with Gasteiger partial charge in [0.05, 0.1) is 12.2 Å². The van der Waals surface area contributed by atoms with Gasteiger partial charge < -0.3 is 15.2 Å². The molecular formula is C27H36N2O2. The van der Waals surface area contributed by atoms with Crippen LogP contribution in [0.2, 0.25) is 0 Å². The van der Waals surface area contributed by atoms with E-state index in [-0.39, 0.29) is 12.2 Å². The molecule has 3 aliphatic rings. The quantitative estimate of drug-likeness (QED) is 0.709. The van der Waals surface area contributed by atoms with Crippen molar-refractivity contribution in [3.05, 3.63) is 64.7 Å². The van der Waals surface area contributed by atoms with Gasteiger partial charge in [-0.05, 0) is 68.3 Å². The highest BCUT2D eigenvalue weighted by Gasteiger charge is 2.36. The fourth-order valence-electron chi connectivity index (χ4n) is 5.47. The lowest BCUT2D eigenvalue weighted by molar-refractivity contribution is -0.0693. The summed E-state index contributed by atoms with van der Waals surface area (Å²) in [5.41, 5.74) is 4.69. The zero-order valence-electron chi connectivity index (χ0n) is 18.7. The number of piperidine rings is 1. The van der Waals surface area contributed by atoms with E-state index in [0.29, 0.717) is 17.7 Å². The monoisotopic (exact) mass is 420 g/mol. The molecule has 2 fully saturated rings. The number of rotatable bonds is 6. The van der Waals surface area contributed by atoms with Crippen LogP contribution < -0.4 is 5.32 Å². The second-order valence-electron chi connectivity index (χ2n) is 9.80. The maximum absolute atomic E-state index is 10.8. The van der Waals surface area contributed by atoms with E-state index in [4.69, 9.17) is 4.74 Å². The first-order chi connectivity index (χ1) is 15.2. The van der Waals surface area contributed by atoms with Crippen molar-refractivity contribution in [2.75, 3.05) is 19.6 Å². The lowest BCUT2D eigenvalue weighted by Crippen LogP contribution is -2.44. The maximum atomic E-state index is 10.8. The summed E-state index contributed by atoms with van der Waals surface area (Å²) in [5, 5.41) is 14.5. The van der Waals surface area contributed by atoms with Crippen LogP contribution in [0.25, 0.3) is 0 Å². The molecule has 2 aromatic rings. The zero-order chi connectivity index (χ0) is 21.2.